The van der Waals surface area contributed by atoms with E-state index in [1.54, 1.807) is 0 Å². The van der Waals surface area contributed by atoms with Gasteiger partial charge in [-0.15, -0.1) is 0 Å². The molecule has 0 unspecified atom stereocenters. The maximum absolute atomic E-state index is 10.1. The lowest BCUT2D eigenvalue weighted by Gasteiger charge is -2.22. The fourth-order valence-electron chi connectivity index (χ4n) is 1.71. The van der Waals surface area contributed by atoms with E-state index in [4.69, 9.17) is 4.74 Å². The van der Waals surface area contributed by atoms with Crippen molar-refractivity contribution in [1.29, 1.82) is 0 Å². The number of hydrogen-bond acceptors (Lipinski definition) is 4. The number of hydrogen-bond donors (Lipinski definition) is 2. The predicted molar refractivity (Wildman–Crippen MR) is 66.6 cm³/mol. The lowest BCUT2D eigenvalue weighted by Crippen LogP contribution is -2.17. The average Bonchev–Trinajstić information content (AvgIpc) is 2.35. The number of aromatic hydroxyl groups is 2. The van der Waals surface area contributed by atoms with Crippen LogP contribution in [0.15, 0.2) is 36.6 Å². The van der Waals surface area contributed by atoms with Crippen LogP contribution in [0, 0.1) is 0 Å². The van der Waals surface area contributed by atoms with Gasteiger partial charge >= 0.3 is 0 Å². The van der Waals surface area contributed by atoms with Crippen LogP contribution in [0.3, 0.4) is 0 Å². The fraction of sp³-hybridized carbons (Fsp3) is 0.231. The quantitative estimate of drug-likeness (QED) is 0.787. The molecule has 90 valence electrons. The van der Waals surface area contributed by atoms with E-state index in [0.717, 1.165) is 0 Å². The molecule has 1 aromatic carbocycles. The zero-order valence-corrected chi connectivity index (χ0v) is 9.63. The van der Waals surface area contributed by atoms with Crippen molar-refractivity contribution in [1.82, 2.24) is 0 Å². The van der Waals surface area contributed by atoms with Gasteiger partial charge in [0.25, 0.3) is 0 Å². The van der Waals surface area contributed by atoms with Gasteiger partial charge in [0.1, 0.15) is 5.75 Å². The third-order valence-electron chi connectivity index (χ3n) is 2.46. The highest BCUT2D eigenvalue weighted by atomic mass is 16.5. The number of phenols is 2. The average molecular weight is 233 g/mol. The molecule has 0 aromatic heterocycles. The summed E-state index contributed by atoms with van der Waals surface area (Å²) in [6.07, 6.45) is 7.60. The van der Waals surface area contributed by atoms with Gasteiger partial charge in [0, 0.05) is 24.9 Å². The number of ether oxygens (including phenoxy) is 1. The Balaban J connectivity index is 2.39. The van der Waals surface area contributed by atoms with Crippen molar-refractivity contribution in [3.05, 3.63) is 36.6 Å². The number of allylic oxidation sites excluding steroid dienone is 2. The highest BCUT2D eigenvalue weighted by Crippen LogP contribution is 2.40. The Morgan fingerprint density at radius 1 is 1.29 bits per heavy atom. The molecule has 4 heteroatoms. The van der Waals surface area contributed by atoms with E-state index in [9.17, 15) is 10.2 Å². The van der Waals surface area contributed by atoms with Crippen LogP contribution in [0.1, 0.15) is 6.92 Å². The Morgan fingerprint density at radius 2 is 2.12 bits per heavy atom. The van der Waals surface area contributed by atoms with Gasteiger partial charge in [-0.25, -0.2) is 0 Å². The second-order valence-electron chi connectivity index (χ2n) is 3.67. The molecule has 1 aliphatic heterocycles. The highest BCUT2D eigenvalue weighted by Gasteiger charge is 2.15. The topological polar surface area (TPSA) is 52.9 Å². The summed E-state index contributed by atoms with van der Waals surface area (Å²) in [5, 5.41) is 19.7. The van der Waals surface area contributed by atoms with E-state index in [1.807, 2.05) is 36.3 Å². The third-order valence-corrected chi connectivity index (χ3v) is 2.46. The van der Waals surface area contributed by atoms with Crippen LogP contribution in [-0.4, -0.2) is 23.4 Å². The maximum Gasteiger partial charge on any atom is 0.182 e. The molecule has 0 saturated heterocycles. The molecule has 2 N–H and O–H groups in total. The van der Waals surface area contributed by atoms with Crippen LogP contribution < -0.4 is 9.64 Å². The Labute approximate surface area is 100 Å². The van der Waals surface area contributed by atoms with Crippen LogP contribution in [0.25, 0.3) is 0 Å². The normalized spacial score (nSPS) is 14.1. The molecule has 0 radical (unpaired) electrons. The van der Waals surface area contributed by atoms with Crippen LogP contribution in [0.5, 0.6) is 17.2 Å². The molecular weight excluding hydrogens is 218 g/mol. The number of nitrogens with zero attached hydrogens (tertiary/aromatic N) is 1. The molecule has 1 aliphatic rings. The number of rotatable bonds is 3. The summed E-state index contributed by atoms with van der Waals surface area (Å²) in [5.74, 6) is 0.416. The Bertz CT molecular complexity index is 466. The fourth-order valence-corrected chi connectivity index (χ4v) is 1.71. The summed E-state index contributed by atoms with van der Waals surface area (Å²) >= 11 is 0. The van der Waals surface area contributed by atoms with Gasteiger partial charge in [-0.3, -0.25) is 0 Å². The first-order valence-electron chi connectivity index (χ1n) is 5.51. The van der Waals surface area contributed by atoms with Crippen molar-refractivity contribution >= 4 is 5.69 Å². The maximum atomic E-state index is 10.1. The number of phenolic OH excluding ortho intramolecular Hbond substituents is 2. The first-order valence-corrected chi connectivity index (χ1v) is 5.51. The molecule has 2 rings (SSSR count). The van der Waals surface area contributed by atoms with Gasteiger partial charge in [-0.2, -0.15) is 0 Å². The molecule has 0 aliphatic carbocycles. The van der Waals surface area contributed by atoms with Crippen molar-refractivity contribution in [2.24, 2.45) is 0 Å². The zero-order chi connectivity index (χ0) is 12.3. The monoisotopic (exact) mass is 233 g/mol. The summed E-state index contributed by atoms with van der Waals surface area (Å²) in [5.41, 5.74) is 0.536. The van der Waals surface area contributed by atoms with E-state index >= 15 is 0 Å². The first-order chi connectivity index (χ1) is 8.22. The molecule has 4 nitrogen and oxygen atoms in total. The van der Waals surface area contributed by atoms with Gasteiger partial charge in [-0.05, 0) is 13.0 Å². The molecule has 1 aromatic rings. The van der Waals surface area contributed by atoms with Gasteiger partial charge in [0.2, 0.25) is 0 Å². The standard InChI is InChI=1S/C13H15NO3/c1-2-17-12-9-10(15)8-11(13(12)16)14-6-4-3-5-7-14/h3-6,8-9,15-16H,2,7H2,1H3. The molecule has 0 amide bonds. The lowest BCUT2D eigenvalue weighted by atomic mass is 10.2. The van der Waals surface area contributed by atoms with Crippen molar-refractivity contribution in [2.75, 3.05) is 18.1 Å². The second kappa shape index (κ2) is 4.82. The van der Waals surface area contributed by atoms with Crippen LogP contribution in [0.2, 0.25) is 0 Å². The number of anilines is 1. The Hall–Kier alpha value is -2.10. The largest absolute Gasteiger partial charge is 0.508 e. The van der Waals surface area contributed by atoms with Gasteiger partial charge in [0.05, 0.1) is 12.3 Å². The minimum atomic E-state index is 0.0459. The van der Waals surface area contributed by atoms with E-state index in [1.165, 1.54) is 12.1 Å². The van der Waals surface area contributed by atoms with Crippen molar-refractivity contribution < 1.29 is 14.9 Å². The molecule has 0 atom stereocenters. The van der Waals surface area contributed by atoms with Crippen LogP contribution in [-0.2, 0) is 0 Å². The summed E-state index contributed by atoms with van der Waals surface area (Å²) in [6.45, 7) is 2.91. The molecule has 0 bridgehead atoms. The van der Waals surface area contributed by atoms with Gasteiger partial charge in [0.15, 0.2) is 11.5 Å². The van der Waals surface area contributed by atoms with E-state index in [0.29, 0.717) is 24.6 Å². The number of benzene rings is 1. The molecule has 0 saturated carbocycles. The first kappa shape index (κ1) is 11.4. The summed E-state index contributed by atoms with van der Waals surface area (Å²) in [7, 11) is 0. The molecule has 17 heavy (non-hydrogen) atoms. The summed E-state index contributed by atoms with van der Waals surface area (Å²) in [6, 6.07) is 2.92. The van der Waals surface area contributed by atoms with E-state index in [-0.39, 0.29) is 11.5 Å². The third kappa shape index (κ3) is 2.36. The Kier molecular flexibility index (Phi) is 3.23. The van der Waals surface area contributed by atoms with Gasteiger partial charge in [-0.1, -0.05) is 12.2 Å². The zero-order valence-electron chi connectivity index (χ0n) is 9.63. The lowest BCUT2D eigenvalue weighted by molar-refractivity contribution is 0.316. The predicted octanol–water partition coefficient (Wildman–Crippen LogP) is 2.39. The molecule has 0 spiro atoms. The van der Waals surface area contributed by atoms with Crippen molar-refractivity contribution in [2.45, 2.75) is 6.92 Å². The summed E-state index contributed by atoms with van der Waals surface area (Å²) in [4.78, 5) is 1.83. The van der Waals surface area contributed by atoms with Gasteiger partial charge < -0.3 is 19.8 Å². The molecular formula is C13H15NO3. The smallest absolute Gasteiger partial charge is 0.182 e. The minimum absolute atomic E-state index is 0.0459. The SMILES string of the molecule is CCOc1cc(O)cc(N2C=CC=CC2)c1O. The van der Waals surface area contributed by atoms with Crippen molar-refractivity contribution in [3.8, 4) is 17.2 Å². The molecule has 1 heterocycles. The minimum Gasteiger partial charge on any atom is -0.508 e. The summed E-state index contributed by atoms with van der Waals surface area (Å²) < 4.78 is 5.27. The van der Waals surface area contributed by atoms with Crippen LogP contribution in [0.4, 0.5) is 5.69 Å². The Morgan fingerprint density at radius 3 is 2.76 bits per heavy atom. The van der Waals surface area contributed by atoms with E-state index in [2.05, 4.69) is 0 Å². The highest BCUT2D eigenvalue weighted by molar-refractivity contribution is 5.68. The second-order valence-corrected chi connectivity index (χ2v) is 3.67. The van der Waals surface area contributed by atoms with E-state index < -0.39 is 0 Å². The van der Waals surface area contributed by atoms with Crippen LogP contribution >= 0.6 is 0 Å². The van der Waals surface area contributed by atoms with Crippen molar-refractivity contribution in [3.63, 3.8) is 0 Å². The molecule has 0 fully saturated rings.